The Morgan fingerprint density at radius 2 is 2.05 bits per heavy atom. The van der Waals surface area contributed by atoms with E-state index < -0.39 is 12.5 Å². The highest BCUT2D eigenvalue weighted by molar-refractivity contribution is 6.35. The minimum absolute atomic E-state index is 0. The van der Waals surface area contributed by atoms with Crippen molar-refractivity contribution >= 4 is 41.5 Å². The molecule has 0 aliphatic carbocycles. The molecule has 4 nitrogen and oxygen atoms in total. The first kappa shape index (κ1) is 18.2. The van der Waals surface area contributed by atoms with Gasteiger partial charge < -0.3 is 15.8 Å². The van der Waals surface area contributed by atoms with E-state index in [4.69, 9.17) is 28.9 Å². The van der Waals surface area contributed by atoms with Gasteiger partial charge in [0.2, 0.25) is 5.91 Å². The summed E-state index contributed by atoms with van der Waals surface area (Å²) in [6.45, 7) is -3.29. The van der Waals surface area contributed by atoms with Crippen molar-refractivity contribution in [2.45, 2.75) is 13.2 Å². The largest absolute Gasteiger partial charge is 0.433 e. The molecule has 19 heavy (non-hydrogen) atoms. The zero-order valence-electron chi connectivity index (χ0n) is 9.46. The summed E-state index contributed by atoms with van der Waals surface area (Å²) >= 11 is 11.5. The SMILES string of the molecule is Cl.NCC(=O)NCc1cc(Cl)cc(Cl)c1OC(F)F. The molecular formula is C10H11Cl3F2N2O2. The van der Waals surface area contributed by atoms with E-state index in [0.717, 1.165) is 0 Å². The fourth-order valence-electron chi connectivity index (χ4n) is 1.23. The van der Waals surface area contributed by atoms with Crippen molar-refractivity contribution in [2.75, 3.05) is 6.54 Å². The highest BCUT2D eigenvalue weighted by Gasteiger charge is 2.15. The Kier molecular flexibility index (Phi) is 8.01. The lowest BCUT2D eigenvalue weighted by Crippen LogP contribution is -2.29. The molecule has 9 heteroatoms. The van der Waals surface area contributed by atoms with Crippen LogP contribution in [0.15, 0.2) is 12.1 Å². The van der Waals surface area contributed by atoms with Crippen LogP contribution in [0, 0.1) is 0 Å². The second kappa shape index (κ2) is 8.37. The first-order valence-corrected chi connectivity index (χ1v) is 5.59. The number of hydrogen-bond donors (Lipinski definition) is 2. The van der Waals surface area contributed by atoms with Gasteiger partial charge in [0.05, 0.1) is 11.6 Å². The fourth-order valence-corrected chi connectivity index (χ4v) is 1.81. The summed E-state index contributed by atoms with van der Waals surface area (Å²) in [4.78, 5) is 11.0. The lowest BCUT2D eigenvalue weighted by Gasteiger charge is -2.13. The van der Waals surface area contributed by atoms with Crippen LogP contribution in [0.3, 0.4) is 0 Å². The molecule has 0 atom stereocenters. The van der Waals surface area contributed by atoms with Gasteiger partial charge in [-0.25, -0.2) is 0 Å². The summed E-state index contributed by atoms with van der Waals surface area (Å²) < 4.78 is 28.7. The highest BCUT2D eigenvalue weighted by atomic mass is 35.5. The summed E-state index contributed by atoms with van der Waals surface area (Å²) in [7, 11) is 0. The molecule has 108 valence electrons. The maximum Gasteiger partial charge on any atom is 0.387 e. The Morgan fingerprint density at radius 3 is 2.58 bits per heavy atom. The molecular weight excluding hydrogens is 324 g/mol. The zero-order chi connectivity index (χ0) is 13.7. The lowest BCUT2D eigenvalue weighted by molar-refractivity contribution is -0.119. The molecule has 0 spiro atoms. The number of ether oxygens (including phenoxy) is 1. The second-order valence-electron chi connectivity index (χ2n) is 3.24. The van der Waals surface area contributed by atoms with Crippen molar-refractivity contribution in [3.63, 3.8) is 0 Å². The molecule has 0 aliphatic heterocycles. The molecule has 0 aliphatic rings. The van der Waals surface area contributed by atoms with E-state index in [9.17, 15) is 13.6 Å². The van der Waals surface area contributed by atoms with Gasteiger partial charge in [0.1, 0.15) is 5.75 Å². The predicted octanol–water partition coefficient (Wildman–Crippen LogP) is 2.59. The number of carbonyl (C=O) groups excluding carboxylic acids is 1. The molecule has 1 amide bonds. The number of amides is 1. The van der Waals surface area contributed by atoms with Crippen molar-refractivity contribution in [2.24, 2.45) is 5.73 Å². The van der Waals surface area contributed by atoms with Gasteiger partial charge in [-0.3, -0.25) is 4.79 Å². The monoisotopic (exact) mass is 334 g/mol. The molecule has 0 saturated heterocycles. The molecule has 3 N–H and O–H groups in total. The topological polar surface area (TPSA) is 64.4 Å². The van der Waals surface area contributed by atoms with Crippen LogP contribution in [-0.4, -0.2) is 19.1 Å². The van der Waals surface area contributed by atoms with Crippen molar-refractivity contribution in [3.8, 4) is 5.75 Å². The molecule has 0 unspecified atom stereocenters. The fraction of sp³-hybridized carbons (Fsp3) is 0.300. The van der Waals surface area contributed by atoms with E-state index in [1.807, 2.05) is 0 Å². The Bertz CT molecular complexity index is 447. The standard InChI is InChI=1S/C10H10Cl2F2N2O2.ClH/c11-6-1-5(4-16-8(17)3-15)9(7(12)2-6)18-10(13)14;/h1-2,10H,3-4,15H2,(H,16,17);1H. The van der Waals surface area contributed by atoms with Gasteiger partial charge in [-0.1, -0.05) is 23.2 Å². The van der Waals surface area contributed by atoms with Crippen LogP contribution in [-0.2, 0) is 11.3 Å². The number of benzene rings is 1. The van der Waals surface area contributed by atoms with Gasteiger partial charge in [0, 0.05) is 17.1 Å². The predicted molar refractivity (Wildman–Crippen MR) is 71.2 cm³/mol. The molecule has 1 rings (SSSR count). The zero-order valence-corrected chi connectivity index (χ0v) is 11.8. The first-order chi connectivity index (χ1) is 8.43. The molecule has 0 saturated carbocycles. The van der Waals surface area contributed by atoms with E-state index in [1.54, 1.807) is 0 Å². The Hall–Kier alpha value is -0.820. The van der Waals surface area contributed by atoms with Gasteiger partial charge in [-0.15, -0.1) is 12.4 Å². The number of alkyl halides is 2. The van der Waals surface area contributed by atoms with Gasteiger partial charge in [-0.05, 0) is 12.1 Å². The van der Waals surface area contributed by atoms with Gasteiger partial charge >= 0.3 is 6.61 Å². The summed E-state index contributed by atoms with van der Waals surface area (Å²) in [6, 6.07) is 2.65. The van der Waals surface area contributed by atoms with E-state index in [0.29, 0.717) is 0 Å². The number of nitrogens with two attached hydrogens (primary N) is 1. The Morgan fingerprint density at radius 1 is 1.42 bits per heavy atom. The average molecular weight is 336 g/mol. The van der Waals surface area contributed by atoms with Crippen LogP contribution in [0.1, 0.15) is 5.56 Å². The molecule has 1 aromatic carbocycles. The number of nitrogens with one attached hydrogen (secondary N) is 1. The minimum atomic E-state index is -3.02. The van der Waals surface area contributed by atoms with Crippen molar-refractivity contribution < 1.29 is 18.3 Å². The smallest absolute Gasteiger partial charge is 0.387 e. The van der Waals surface area contributed by atoms with Crippen molar-refractivity contribution in [1.82, 2.24) is 5.32 Å². The molecule has 0 aromatic heterocycles. The van der Waals surface area contributed by atoms with Crippen LogP contribution in [0.4, 0.5) is 8.78 Å². The minimum Gasteiger partial charge on any atom is -0.433 e. The third-order valence-electron chi connectivity index (χ3n) is 1.95. The van der Waals surface area contributed by atoms with Crippen LogP contribution in [0.5, 0.6) is 5.75 Å². The number of halogens is 5. The number of hydrogen-bond acceptors (Lipinski definition) is 3. The normalized spacial score (nSPS) is 10.0. The molecule has 0 radical (unpaired) electrons. The summed E-state index contributed by atoms with van der Waals surface area (Å²) in [6.07, 6.45) is 0. The number of carbonyl (C=O) groups is 1. The van der Waals surface area contributed by atoms with Crippen LogP contribution >= 0.6 is 35.6 Å². The lowest BCUT2D eigenvalue weighted by atomic mass is 10.2. The molecule has 0 bridgehead atoms. The van der Waals surface area contributed by atoms with Crippen molar-refractivity contribution in [3.05, 3.63) is 27.7 Å². The second-order valence-corrected chi connectivity index (χ2v) is 4.08. The summed E-state index contributed by atoms with van der Waals surface area (Å²) in [5.74, 6) is -0.650. The maximum atomic E-state index is 12.2. The van der Waals surface area contributed by atoms with E-state index in [-0.39, 0.29) is 46.9 Å². The highest BCUT2D eigenvalue weighted by Crippen LogP contribution is 2.33. The molecule has 0 fully saturated rings. The van der Waals surface area contributed by atoms with E-state index in [2.05, 4.69) is 10.1 Å². The molecule has 1 aromatic rings. The Balaban J connectivity index is 0.00000324. The van der Waals surface area contributed by atoms with Gasteiger partial charge in [0.25, 0.3) is 0 Å². The van der Waals surface area contributed by atoms with Crippen molar-refractivity contribution in [1.29, 1.82) is 0 Å². The molecule has 0 heterocycles. The number of rotatable bonds is 5. The van der Waals surface area contributed by atoms with Crippen LogP contribution in [0.25, 0.3) is 0 Å². The van der Waals surface area contributed by atoms with Gasteiger partial charge in [0.15, 0.2) is 0 Å². The van der Waals surface area contributed by atoms with E-state index >= 15 is 0 Å². The van der Waals surface area contributed by atoms with E-state index in [1.165, 1.54) is 12.1 Å². The van der Waals surface area contributed by atoms with Gasteiger partial charge in [-0.2, -0.15) is 8.78 Å². The third kappa shape index (κ3) is 5.78. The summed E-state index contributed by atoms with van der Waals surface area (Å²) in [5, 5.41) is 2.60. The van der Waals surface area contributed by atoms with Crippen LogP contribution in [0.2, 0.25) is 10.0 Å². The average Bonchev–Trinajstić information content (AvgIpc) is 2.29. The first-order valence-electron chi connectivity index (χ1n) is 4.83. The third-order valence-corrected chi connectivity index (χ3v) is 2.45. The quantitative estimate of drug-likeness (QED) is 0.869. The Labute approximate surface area is 124 Å². The van der Waals surface area contributed by atoms with Crippen LogP contribution < -0.4 is 15.8 Å². The summed E-state index contributed by atoms with van der Waals surface area (Å²) in [5.41, 5.74) is 5.34. The maximum absolute atomic E-state index is 12.2.